The van der Waals surface area contributed by atoms with Crippen LogP contribution in [-0.2, 0) is 0 Å². The first-order chi connectivity index (χ1) is 6.13. The SMILES string of the molecule is Fc1c(Cl)c(Cl)c(F)c2c[nH]cc12. The summed E-state index contributed by atoms with van der Waals surface area (Å²) in [6.07, 6.45) is 2.66. The van der Waals surface area contributed by atoms with E-state index >= 15 is 0 Å². The molecule has 2 aromatic rings. The van der Waals surface area contributed by atoms with Crippen molar-refractivity contribution >= 4 is 34.0 Å². The summed E-state index contributed by atoms with van der Waals surface area (Å²) in [7, 11) is 0. The molecule has 0 bridgehead atoms. The van der Waals surface area contributed by atoms with Crippen LogP contribution < -0.4 is 0 Å². The predicted molar refractivity (Wildman–Crippen MR) is 48.2 cm³/mol. The van der Waals surface area contributed by atoms with E-state index in [1.165, 1.54) is 12.4 Å². The molecule has 13 heavy (non-hydrogen) atoms. The standard InChI is InChI=1S/C8H3Cl2F2N/c9-5-6(10)8(12)4-2-13-1-3(4)7(5)11/h1-2,13H. The second kappa shape index (κ2) is 2.86. The van der Waals surface area contributed by atoms with Gasteiger partial charge in [-0.15, -0.1) is 0 Å². The average Bonchev–Trinajstić information content (AvgIpc) is 2.59. The van der Waals surface area contributed by atoms with Crippen LogP contribution >= 0.6 is 23.2 Å². The first-order valence-electron chi connectivity index (χ1n) is 3.41. The normalized spacial score (nSPS) is 11.1. The minimum atomic E-state index is -0.704. The molecule has 0 radical (unpaired) electrons. The van der Waals surface area contributed by atoms with Gasteiger partial charge >= 0.3 is 0 Å². The number of aromatic amines is 1. The van der Waals surface area contributed by atoms with E-state index in [0.717, 1.165) is 0 Å². The molecule has 1 nitrogen and oxygen atoms in total. The first-order valence-corrected chi connectivity index (χ1v) is 4.17. The Kier molecular flexibility index (Phi) is 1.93. The van der Waals surface area contributed by atoms with Gasteiger partial charge in [0.1, 0.15) is 0 Å². The molecule has 2 rings (SSSR count). The fourth-order valence-corrected chi connectivity index (χ4v) is 1.53. The van der Waals surface area contributed by atoms with E-state index in [4.69, 9.17) is 23.2 Å². The van der Waals surface area contributed by atoms with Crippen LogP contribution in [0.3, 0.4) is 0 Å². The minimum absolute atomic E-state index is 0.104. The Balaban J connectivity index is 3.02. The Morgan fingerprint density at radius 1 is 0.923 bits per heavy atom. The van der Waals surface area contributed by atoms with Gasteiger partial charge in [0, 0.05) is 23.2 Å². The molecule has 0 saturated carbocycles. The van der Waals surface area contributed by atoms with E-state index < -0.39 is 11.6 Å². The molecule has 0 aliphatic rings. The largest absolute Gasteiger partial charge is 0.366 e. The maximum absolute atomic E-state index is 13.3. The van der Waals surface area contributed by atoms with Crippen molar-refractivity contribution < 1.29 is 8.78 Å². The number of benzene rings is 1. The molecule has 1 N–H and O–H groups in total. The predicted octanol–water partition coefficient (Wildman–Crippen LogP) is 3.75. The van der Waals surface area contributed by atoms with Crippen molar-refractivity contribution in [2.75, 3.05) is 0 Å². The van der Waals surface area contributed by atoms with Crippen LogP contribution in [0.1, 0.15) is 0 Å². The highest BCUT2D eigenvalue weighted by Crippen LogP contribution is 2.34. The lowest BCUT2D eigenvalue weighted by molar-refractivity contribution is 0.619. The van der Waals surface area contributed by atoms with E-state index in [1.807, 2.05) is 0 Å². The summed E-state index contributed by atoms with van der Waals surface area (Å²) in [4.78, 5) is 2.58. The minimum Gasteiger partial charge on any atom is -0.366 e. The summed E-state index contributed by atoms with van der Waals surface area (Å²) < 4.78 is 26.5. The van der Waals surface area contributed by atoms with Crippen LogP contribution in [0.15, 0.2) is 12.4 Å². The molecule has 0 amide bonds. The Hall–Kier alpha value is -0.800. The zero-order valence-electron chi connectivity index (χ0n) is 6.17. The van der Waals surface area contributed by atoms with Crippen molar-refractivity contribution in [1.82, 2.24) is 4.98 Å². The van der Waals surface area contributed by atoms with Gasteiger partial charge in [0.25, 0.3) is 0 Å². The van der Waals surface area contributed by atoms with E-state index in [1.54, 1.807) is 0 Å². The topological polar surface area (TPSA) is 15.8 Å². The third-order valence-electron chi connectivity index (χ3n) is 1.80. The summed E-state index contributed by atoms with van der Waals surface area (Å²) in [6, 6.07) is 0. The van der Waals surface area contributed by atoms with Gasteiger partial charge in [-0.05, 0) is 0 Å². The summed E-state index contributed by atoms with van der Waals surface area (Å²) in [5.74, 6) is -1.41. The van der Waals surface area contributed by atoms with Gasteiger partial charge in [-0.25, -0.2) is 8.78 Å². The maximum Gasteiger partial charge on any atom is 0.152 e. The van der Waals surface area contributed by atoms with Crippen LogP contribution in [0, 0.1) is 11.6 Å². The monoisotopic (exact) mass is 221 g/mol. The maximum atomic E-state index is 13.3. The third-order valence-corrected chi connectivity index (χ3v) is 2.60. The number of aromatic nitrogens is 1. The highest BCUT2D eigenvalue weighted by Gasteiger charge is 2.17. The Bertz CT molecular complexity index is 436. The van der Waals surface area contributed by atoms with E-state index in [2.05, 4.69) is 4.98 Å². The van der Waals surface area contributed by atoms with Crippen molar-refractivity contribution in [2.45, 2.75) is 0 Å². The lowest BCUT2D eigenvalue weighted by Gasteiger charge is -2.01. The highest BCUT2D eigenvalue weighted by molar-refractivity contribution is 6.43. The van der Waals surface area contributed by atoms with Crippen molar-refractivity contribution in [3.8, 4) is 0 Å². The number of hydrogen-bond donors (Lipinski definition) is 1. The molecule has 1 aromatic heterocycles. The van der Waals surface area contributed by atoms with Gasteiger partial charge in [-0.2, -0.15) is 0 Å². The smallest absolute Gasteiger partial charge is 0.152 e. The Morgan fingerprint density at radius 3 is 1.69 bits per heavy atom. The van der Waals surface area contributed by atoms with Crippen LogP contribution in [-0.4, -0.2) is 4.98 Å². The molecule has 0 unspecified atom stereocenters. The molecule has 0 spiro atoms. The Morgan fingerprint density at radius 2 is 1.31 bits per heavy atom. The molecule has 1 aromatic carbocycles. The quantitative estimate of drug-likeness (QED) is 0.516. The van der Waals surface area contributed by atoms with Crippen LogP contribution in [0.2, 0.25) is 10.0 Å². The molecule has 0 fully saturated rings. The van der Waals surface area contributed by atoms with E-state index in [-0.39, 0.29) is 20.8 Å². The van der Waals surface area contributed by atoms with Gasteiger partial charge in [0.15, 0.2) is 11.6 Å². The second-order valence-corrected chi connectivity index (χ2v) is 3.29. The molecular formula is C8H3Cl2F2N. The van der Waals surface area contributed by atoms with E-state index in [0.29, 0.717) is 0 Å². The number of halogens is 4. The lowest BCUT2D eigenvalue weighted by Crippen LogP contribution is -1.85. The highest BCUT2D eigenvalue weighted by atomic mass is 35.5. The molecule has 1 heterocycles. The average molecular weight is 222 g/mol. The summed E-state index contributed by atoms with van der Waals surface area (Å²) >= 11 is 10.9. The molecular weight excluding hydrogens is 219 g/mol. The number of rotatable bonds is 0. The van der Waals surface area contributed by atoms with Crippen LogP contribution in [0.5, 0.6) is 0 Å². The van der Waals surface area contributed by atoms with Gasteiger partial charge in [-0.3, -0.25) is 0 Å². The number of hydrogen-bond acceptors (Lipinski definition) is 0. The Labute approximate surface area is 82.3 Å². The van der Waals surface area contributed by atoms with Gasteiger partial charge in [0.05, 0.1) is 10.0 Å². The fourth-order valence-electron chi connectivity index (χ4n) is 1.16. The van der Waals surface area contributed by atoms with Gasteiger partial charge < -0.3 is 4.98 Å². The molecule has 5 heteroatoms. The van der Waals surface area contributed by atoms with Crippen molar-refractivity contribution in [2.24, 2.45) is 0 Å². The molecule has 0 atom stereocenters. The van der Waals surface area contributed by atoms with Gasteiger partial charge in [-0.1, -0.05) is 23.2 Å². The number of fused-ring (bicyclic) bond motifs is 1. The molecule has 0 aliphatic carbocycles. The fraction of sp³-hybridized carbons (Fsp3) is 0. The number of nitrogens with one attached hydrogen (secondary N) is 1. The molecule has 68 valence electrons. The summed E-state index contributed by atoms with van der Waals surface area (Å²) in [5, 5.41) is -0.559. The molecule has 0 aliphatic heterocycles. The zero-order valence-corrected chi connectivity index (χ0v) is 7.68. The summed E-state index contributed by atoms with van der Waals surface area (Å²) in [5.41, 5.74) is 0. The third kappa shape index (κ3) is 1.11. The van der Waals surface area contributed by atoms with Crippen molar-refractivity contribution in [1.29, 1.82) is 0 Å². The van der Waals surface area contributed by atoms with E-state index in [9.17, 15) is 8.78 Å². The van der Waals surface area contributed by atoms with Crippen LogP contribution in [0.25, 0.3) is 10.8 Å². The summed E-state index contributed by atoms with van der Waals surface area (Å²) in [6.45, 7) is 0. The second-order valence-electron chi connectivity index (χ2n) is 2.54. The van der Waals surface area contributed by atoms with Crippen LogP contribution in [0.4, 0.5) is 8.78 Å². The number of H-pyrrole nitrogens is 1. The zero-order chi connectivity index (χ0) is 9.59. The van der Waals surface area contributed by atoms with Gasteiger partial charge in [0.2, 0.25) is 0 Å². The van der Waals surface area contributed by atoms with Crippen molar-refractivity contribution in [3.63, 3.8) is 0 Å². The molecule has 0 saturated heterocycles. The first kappa shape index (κ1) is 8.78. The lowest BCUT2D eigenvalue weighted by atomic mass is 10.2. The van der Waals surface area contributed by atoms with Crippen molar-refractivity contribution in [3.05, 3.63) is 34.1 Å².